The van der Waals surface area contributed by atoms with Crippen molar-refractivity contribution in [2.24, 2.45) is 0 Å². The van der Waals surface area contributed by atoms with Gasteiger partial charge in [-0.3, -0.25) is 0 Å². The first-order valence-electron chi connectivity index (χ1n) is 9.59. The molecule has 0 atom stereocenters. The Kier molecular flexibility index (Phi) is 5.76. The lowest BCUT2D eigenvalue weighted by molar-refractivity contribution is -0.131. The SMILES string of the molecule is O=C(O)/C=C/c1ccc(Nc2nc(-c3ccc(O)cc3)nc(-c3ccc(O)cc3)n2)cc1. The first-order valence-corrected chi connectivity index (χ1v) is 9.59. The summed E-state index contributed by atoms with van der Waals surface area (Å²) in [7, 11) is 0. The van der Waals surface area contributed by atoms with Crippen LogP contribution in [0.15, 0.2) is 78.9 Å². The molecule has 32 heavy (non-hydrogen) atoms. The molecule has 1 aromatic heterocycles. The van der Waals surface area contributed by atoms with Crippen LogP contribution in [0.5, 0.6) is 11.5 Å². The molecule has 0 spiro atoms. The molecule has 0 aliphatic carbocycles. The van der Waals surface area contributed by atoms with Crippen molar-refractivity contribution in [1.82, 2.24) is 15.0 Å². The molecule has 1 heterocycles. The fourth-order valence-corrected chi connectivity index (χ4v) is 2.89. The molecule has 8 nitrogen and oxygen atoms in total. The Labute approximate surface area is 183 Å². The number of benzene rings is 3. The Balaban J connectivity index is 1.69. The molecule has 3 aromatic carbocycles. The summed E-state index contributed by atoms with van der Waals surface area (Å²) >= 11 is 0. The summed E-state index contributed by atoms with van der Waals surface area (Å²) in [5.41, 5.74) is 2.84. The number of carboxylic acid groups (broad SMARTS) is 1. The first kappa shape index (κ1) is 20.5. The monoisotopic (exact) mass is 426 g/mol. The van der Waals surface area contributed by atoms with Crippen LogP contribution in [0, 0.1) is 0 Å². The van der Waals surface area contributed by atoms with Crippen molar-refractivity contribution in [1.29, 1.82) is 0 Å². The molecule has 0 aliphatic rings. The molecular weight excluding hydrogens is 408 g/mol. The van der Waals surface area contributed by atoms with E-state index in [1.807, 2.05) is 0 Å². The van der Waals surface area contributed by atoms with E-state index in [9.17, 15) is 15.0 Å². The van der Waals surface area contributed by atoms with Gasteiger partial charge in [0, 0.05) is 22.9 Å². The van der Waals surface area contributed by atoms with Crippen molar-refractivity contribution in [2.75, 3.05) is 5.32 Å². The van der Waals surface area contributed by atoms with E-state index in [0.29, 0.717) is 34.4 Å². The van der Waals surface area contributed by atoms with E-state index in [-0.39, 0.29) is 11.5 Å². The maximum absolute atomic E-state index is 10.7. The maximum atomic E-state index is 10.7. The molecule has 0 saturated carbocycles. The number of aromatic hydroxyl groups is 2. The normalized spacial score (nSPS) is 10.9. The van der Waals surface area contributed by atoms with E-state index in [1.54, 1.807) is 72.8 Å². The van der Waals surface area contributed by atoms with Crippen LogP contribution in [0.2, 0.25) is 0 Å². The van der Waals surface area contributed by atoms with E-state index in [1.165, 1.54) is 6.08 Å². The topological polar surface area (TPSA) is 128 Å². The quantitative estimate of drug-likeness (QED) is 0.333. The van der Waals surface area contributed by atoms with E-state index in [2.05, 4.69) is 20.3 Å². The van der Waals surface area contributed by atoms with Crippen LogP contribution in [-0.2, 0) is 4.79 Å². The van der Waals surface area contributed by atoms with Gasteiger partial charge >= 0.3 is 5.97 Å². The summed E-state index contributed by atoms with van der Waals surface area (Å²) in [6, 6.07) is 20.1. The predicted molar refractivity (Wildman–Crippen MR) is 120 cm³/mol. The Hall–Kier alpha value is -4.72. The van der Waals surface area contributed by atoms with E-state index in [0.717, 1.165) is 11.6 Å². The Bertz CT molecular complexity index is 1210. The Morgan fingerprint density at radius 3 is 1.69 bits per heavy atom. The first-order chi connectivity index (χ1) is 15.5. The molecule has 4 N–H and O–H groups in total. The second kappa shape index (κ2) is 8.97. The molecule has 0 saturated heterocycles. The molecule has 0 bridgehead atoms. The summed E-state index contributed by atoms with van der Waals surface area (Å²) in [6.07, 6.45) is 2.57. The third kappa shape index (κ3) is 5.06. The van der Waals surface area contributed by atoms with Crippen LogP contribution >= 0.6 is 0 Å². The van der Waals surface area contributed by atoms with Crippen LogP contribution in [0.4, 0.5) is 11.6 Å². The third-order valence-electron chi connectivity index (χ3n) is 4.47. The van der Waals surface area contributed by atoms with Gasteiger partial charge in [0.25, 0.3) is 0 Å². The number of hydrogen-bond donors (Lipinski definition) is 4. The number of aliphatic carboxylic acids is 1. The number of nitrogens with zero attached hydrogens (tertiary/aromatic N) is 3. The number of nitrogens with one attached hydrogen (secondary N) is 1. The molecule has 0 radical (unpaired) electrons. The van der Waals surface area contributed by atoms with Gasteiger partial charge in [0.05, 0.1) is 0 Å². The molecular formula is C24H18N4O4. The zero-order chi connectivity index (χ0) is 22.5. The molecule has 4 rings (SSSR count). The molecule has 0 amide bonds. The minimum absolute atomic E-state index is 0.136. The van der Waals surface area contributed by atoms with Gasteiger partial charge in [-0.15, -0.1) is 0 Å². The molecule has 0 aliphatic heterocycles. The van der Waals surface area contributed by atoms with Gasteiger partial charge in [0.2, 0.25) is 5.95 Å². The molecule has 0 fully saturated rings. The van der Waals surface area contributed by atoms with Gasteiger partial charge in [-0.2, -0.15) is 9.97 Å². The van der Waals surface area contributed by atoms with Crippen molar-refractivity contribution in [3.63, 3.8) is 0 Å². The Morgan fingerprint density at radius 2 is 1.22 bits per heavy atom. The summed E-state index contributed by atoms with van der Waals surface area (Å²) in [5.74, 6) is 0.382. The van der Waals surface area contributed by atoms with Crippen molar-refractivity contribution in [2.45, 2.75) is 0 Å². The molecule has 0 unspecified atom stereocenters. The molecule has 158 valence electrons. The van der Waals surface area contributed by atoms with Crippen LogP contribution in [0.25, 0.3) is 28.9 Å². The average molecular weight is 426 g/mol. The highest BCUT2D eigenvalue weighted by Crippen LogP contribution is 2.25. The lowest BCUT2D eigenvalue weighted by Gasteiger charge is -2.10. The number of phenolic OH excluding ortho intramolecular Hbond substituents is 2. The van der Waals surface area contributed by atoms with Crippen LogP contribution in [-0.4, -0.2) is 36.2 Å². The van der Waals surface area contributed by atoms with Crippen molar-refractivity contribution in [3.8, 4) is 34.3 Å². The number of rotatable bonds is 6. The fraction of sp³-hybridized carbons (Fsp3) is 0. The van der Waals surface area contributed by atoms with Gasteiger partial charge in [-0.05, 0) is 72.3 Å². The van der Waals surface area contributed by atoms with Gasteiger partial charge in [0.15, 0.2) is 11.6 Å². The zero-order valence-corrected chi connectivity index (χ0v) is 16.7. The highest BCUT2D eigenvalue weighted by Gasteiger charge is 2.11. The number of anilines is 2. The standard InChI is InChI=1S/C24H18N4O4/c29-19-10-4-16(5-11-19)22-26-23(17-6-12-20(30)13-7-17)28-24(27-22)25-18-8-1-15(2-9-18)3-14-21(31)32/h1-14,29-30H,(H,31,32)(H,25,26,27,28)/b14-3+. The number of aromatic nitrogens is 3. The maximum Gasteiger partial charge on any atom is 0.328 e. The Morgan fingerprint density at radius 1 is 0.719 bits per heavy atom. The summed E-state index contributed by atoms with van der Waals surface area (Å²) in [5, 5.41) is 31.0. The fourth-order valence-electron chi connectivity index (χ4n) is 2.89. The third-order valence-corrected chi connectivity index (χ3v) is 4.47. The highest BCUT2D eigenvalue weighted by molar-refractivity contribution is 5.85. The average Bonchev–Trinajstić information content (AvgIpc) is 2.79. The van der Waals surface area contributed by atoms with Gasteiger partial charge in [-0.1, -0.05) is 12.1 Å². The van der Waals surface area contributed by atoms with Crippen LogP contribution in [0.3, 0.4) is 0 Å². The molecule has 4 aromatic rings. The smallest absolute Gasteiger partial charge is 0.328 e. The minimum atomic E-state index is -1.01. The summed E-state index contributed by atoms with van der Waals surface area (Å²) in [6.45, 7) is 0. The minimum Gasteiger partial charge on any atom is -0.508 e. The lowest BCUT2D eigenvalue weighted by atomic mass is 10.2. The van der Waals surface area contributed by atoms with Gasteiger partial charge in [0.1, 0.15) is 11.5 Å². The van der Waals surface area contributed by atoms with Crippen molar-refractivity contribution >= 4 is 23.7 Å². The zero-order valence-electron chi connectivity index (χ0n) is 16.7. The van der Waals surface area contributed by atoms with E-state index >= 15 is 0 Å². The number of carboxylic acids is 1. The van der Waals surface area contributed by atoms with E-state index < -0.39 is 5.97 Å². The summed E-state index contributed by atoms with van der Waals surface area (Å²) < 4.78 is 0. The number of carbonyl (C=O) groups is 1. The molecule has 8 heteroatoms. The largest absolute Gasteiger partial charge is 0.508 e. The van der Waals surface area contributed by atoms with Crippen molar-refractivity contribution in [3.05, 3.63) is 84.4 Å². The van der Waals surface area contributed by atoms with Crippen LogP contribution < -0.4 is 5.32 Å². The lowest BCUT2D eigenvalue weighted by Crippen LogP contribution is -2.03. The van der Waals surface area contributed by atoms with Gasteiger partial charge in [-0.25, -0.2) is 9.78 Å². The van der Waals surface area contributed by atoms with Gasteiger partial charge < -0.3 is 20.6 Å². The van der Waals surface area contributed by atoms with E-state index in [4.69, 9.17) is 5.11 Å². The van der Waals surface area contributed by atoms with Crippen molar-refractivity contribution < 1.29 is 20.1 Å². The predicted octanol–water partition coefficient (Wildman–Crippen LogP) is 4.46. The number of hydrogen-bond acceptors (Lipinski definition) is 7. The van der Waals surface area contributed by atoms with Crippen LogP contribution in [0.1, 0.15) is 5.56 Å². The number of phenols is 2. The summed E-state index contributed by atoms with van der Waals surface area (Å²) in [4.78, 5) is 24.2. The second-order valence-corrected chi connectivity index (χ2v) is 6.82. The highest BCUT2D eigenvalue weighted by atomic mass is 16.4. The second-order valence-electron chi connectivity index (χ2n) is 6.82.